The van der Waals surface area contributed by atoms with Crippen LogP contribution in [0.25, 0.3) is 0 Å². The Balaban J connectivity index is 4.32. The van der Waals surface area contributed by atoms with Crippen molar-refractivity contribution in [3.05, 3.63) is 0 Å². The predicted molar refractivity (Wildman–Crippen MR) is 50.6 cm³/mol. The summed E-state index contributed by atoms with van der Waals surface area (Å²) in [5.74, 6) is -0.860. The molecule has 0 aliphatic rings. The highest BCUT2D eigenvalue weighted by Crippen LogP contribution is 2.08. The van der Waals surface area contributed by atoms with Crippen LogP contribution in [0.2, 0.25) is 0 Å². The molecule has 2 N–H and O–H groups in total. The van der Waals surface area contributed by atoms with Gasteiger partial charge in [-0.05, 0) is 27.7 Å². The summed E-state index contributed by atoms with van der Waals surface area (Å²) in [4.78, 5) is 12.3. The van der Waals surface area contributed by atoms with Crippen molar-refractivity contribution in [3.8, 4) is 0 Å². The van der Waals surface area contributed by atoms with Gasteiger partial charge in [0.25, 0.3) is 0 Å². The topological polar surface area (TPSA) is 60.8 Å². The first-order valence-corrected chi connectivity index (χ1v) is 4.51. The minimum atomic E-state index is -0.860. The van der Waals surface area contributed by atoms with Gasteiger partial charge in [-0.3, -0.25) is 9.69 Å². The number of aliphatic carboxylic acids is 1. The van der Waals surface area contributed by atoms with Crippen LogP contribution in [0.15, 0.2) is 0 Å². The molecule has 0 heterocycles. The Labute approximate surface area is 79.2 Å². The molecule has 0 aromatic carbocycles. The molecular formula is C9H19NO3. The van der Waals surface area contributed by atoms with Crippen molar-refractivity contribution in [1.29, 1.82) is 0 Å². The smallest absolute Gasteiger partial charge is 0.317 e. The molecule has 4 nitrogen and oxygen atoms in total. The summed E-state index contributed by atoms with van der Waals surface area (Å²) in [6.07, 6.45) is -0.512. The van der Waals surface area contributed by atoms with Crippen molar-refractivity contribution in [3.63, 3.8) is 0 Å². The molecule has 4 heteroatoms. The molecule has 0 saturated carbocycles. The minimum absolute atomic E-state index is 0.0241. The van der Waals surface area contributed by atoms with Crippen molar-refractivity contribution >= 4 is 5.97 Å². The summed E-state index contributed by atoms with van der Waals surface area (Å²) in [5.41, 5.74) is 0. The zero-order valence-corrected chi connectivity index (χ0v) is 8.69. The van der Waals surface area contributed by atoms with E-state index in [1.807, 2.05) is 20.8 Å². The van der Waals surface area contributed by atoms with Crippen LogP contribution in [0.1, 0.15) is 27.7 Å². The quantitative estimate of drug-likeness (QED) is 0.663. The Hall–Kier alpha value is -0.610. The number of rotatable bonds is 5. The molecule has 0 aromatic heterocycles. The Bertz CT molecular complexity index is 168. The van der Waals surface area contributed by atoms with Crippen LogP contribution >= 0.6 is 0 Å². The van der Waals surface area contributed by atoms with E-state index in [1.54, 1.807) is 11.8 Å². The molecule has 0 aliphatic heterocycles. The maximum Gasteiger partial charge on any atom is 0.317 e. The number of aliphatic hydroxyl groups excluding tert-OH is 1. The van der Waals surface area contributed by atoms with Crippen LogP contribution in [-0.4, -0.2) is 45.8 Å². The number of carboxylic acid groups (broad SMARTS) is 1. The summed E-state index contributed by atoms with van der Waals surface area (Å²) in [5, 5.41) is 18.0. The number of aliphatic hydroxyl groups is 1. The van der Waals surface area contributed by atoms with Crippen molar-refractivity contribution in [2.45, 2.75) is 45.9 Å². The third kappa shape index (κ3) is 4.24. The van der Waals surface area contributed by atoms with Crippen LogP contribution in [0.5, 0.6) is 0 Å². The van der Waals surface area contributed by atoms with Crippen molar-refractivity contribution in [2.24, 2.45) is 0 Å². The standard InChI is InChI=1S/C9H19NO3/c1-6(2)10(5-9(12)13)7(3)8(4)11/h6-8,11H,5H2,1-4H3,(H,12,13). The van der Waals surface area contributed by atoms with Gasteiger partial charge >= 0.3 is 5.97 Å². The number of hydrogen-bond acceptors (Lipinski definition) is 3. The predicted octanol–water partition coefficient (Wildman–Crippen LogP) is 0.551. The minimum Gasteiger partial charge on any atom is -0.480 e. The monoisotopic (exact) mass is 189 g/mol. The van der Waals surface area contributed by atoms with E-state index in [2.05, 4.69) is 0 Å². The van der Waals surface area contributed by atoms with Gasteiger partial charge in [0, 0.05) is 12.1 Å². The van der Waals surface area contributed by atoms with E-state index >= 15 is 0 Å². The average molecular weight is 189 g/mol. The normalized spacial score (nSPS) is 16.2. The summed E-state index contributed by atoms with van der Waals surface area (Å²) < 4.78 is 0. The Kier molecular flexibility index (Phi) is 4.95. The van der Waals surface area contributed by atoms with Gasteiger partial charge in [0.2, 0.25) is 0 Å². The first kappa shape index (κ1) is 12.4. The maximum atomic E-state index is 10.5. The first-order valence-electron chi connectivity index (χ1n) is 4.51. The van der Waals surface area contributed by atoms with Crippen molar-refractivity contribution < 1.29 is 15.0 Å². The molecule has 0 fully saturated rings. The Morgan fingerprint density at radius 2 is 1.77 bits per heavy atom. The lowest BCUT2D eigenvalue weighted by molar-refractivity contribution is -0.140. The lowest BCUT2D eigenvalue weighted by Crippen LogP contribution is -2.46. The molecule has 0 saturated heterocycles. The largest absolute Gasteiger partial charge is 0.480 e. The highest BCUT2D eigenvalue weighted by molar-refractivity contribution is 5.69. The van der Waals surface area contributed by atoms with E-state index < -0.39 is 12.1 Å². The fourth-order valence-electron chi connectivity index (χ4n) is 1.23. The van der Waals surface area contributed by atoms with Gasteiger partial charge in [-0.25, -0.2) is 0 Å². The van der Waals surface area contributed by atoms with Gasteiger partial charge in [0.15, 0.2) is 0 Å². The molecule has 0 radical (unpaired) electrons. The number of hydrogen-bond donors (Lipinski definition) is 2. The Morgan fingerprint density at radius 1 is 1.31 bits per heavy atom. The molecule has 2 atom stereocenters. The van der Waals surface area contributed by atoms with Crippen LogP contribution in [0.3, 0.4) is 0 Å². The summed E-state index contributed by atoms with van der Waals surface area (Å²) in [7, 11) is 0. The van der Waals surface area contributed by atoms with E-state index in [9.17, 15) is 9.90 Å². The molecule has 0 rings (SSSR count). The van der Waals surface area contributed by atoms with Gasteiger partial charge < -0.3 is 10.2 Å². The van der Waals surface area contributed by atoms with Gasteiger partial charge in [-0.15, -0.1) is 0 Å². The molecule has 0 aliphatic carbocycles. The first-order chi connectivity index (χ1) is 5.86. The highest BCUT2D eigenvalue weighted by atomic mass is 16.4. The molecule has 0 bridgehead atoms. The summed E-state index contributed by atoms with van der Waals surface area (Å²) in [6.45, 7) is 7.31. The zero-order valence-electron chi connectivity index (χ0n) is 8.69. The second-order valence-corrected chi connectivity index (χ2v) is 3.64. The molecule has 13 heavy (non-hydrogen) atoms. The molecule has 0 amide bonds. The SMILES string of the molecule is CC(O)C(C)N(CC(=O)O)C(C)C. The van der Waals surface area contributed by atoms with E-state index in [-0.39, 0.29) is 18.6 Å². The number of nitrogens with zero attached hydrogens (tertiary/aromatic N) is 1. The second kappa shape index (κ2) is 5.19. The van der Waals surface area contributed by atoms with Crippen molar-refractivity contribution in [2.75, 3.05) is 6.54 Å². The lowest BCUT2D eigenvalue weighted by Gasteiger charge is -2.32. The van der Waals surface area contributed by atoms with E-state index in [1.165, 1.54) is 0 Å². The molecule has 0 aromatic rings. The Morgan fingerprint density at radius 3 is 2.00 bits per heavy atom. The third-order valence-corrected chi connectivity index (χ3v) is 2.20. The van der Waals surface area contributed by atoms with Crippen LogP contribution < -0.4 is 0 Å². The summed E-state index contributed by atoms with van der Waals surface area (Å²) >= 11 is 0. The number of carbonyl (C=O) groups is 1. The van der Waals surface area contributed by atoms with E-state index in [0.29, 0.717) is 0 Å². The summed E-state index contributed by atoms with van der Waals surface area (Å²) in [6, 6.07) is -0.00296. The van der Waals surface area contributed by atoms with Gasteiger partial charge in [-0.1, -0.05) is 0 Å². The zero-order chi connectivity index (χ0) is 10.6. The van der Waals surface area contributed by atoms with Gasteiger partial charge in [0.1, 0.15) is 0 Å². The van der Waals surface area contributed by atoms with Gasteiger partial charge in [0.05, 0.1) is 12.6 Å². The molecule has 0 spiro atoms. The van der Waals surface area contributed by atoms with Gasteiger partial charge in [-0.2, -0.15) is 0 Å². The van der Waals surface area contributed by atoms with E-state index in [0.717, 1.165) is 0 Å². The third-order valence-electron chi connectivity index (χ3n) is 2.20. The second-order valence-electron chi connectivity index (χ2n) is 3.64. The average Bonchev–Trinajstić information content (AvgIpc) is 1.97. The van der Waals surface area contributed by atoms with Crippen LogP contribution in [-0.2, 0) is 4.79 Å². The highest BCUT2D eigenvalue weighted by Gasteiger charge is 2.22. The number of carboxylic acids is 1. The van der Waals surface area contributed by atoms with Crippen LogP contribution in [0, 0.1) is 0 Å². The fourth-order valence-corrected chi connectivity index (χ4v) is 1.23. The molecule has 78 valence electrons. The van der Waals surface area contributed by atoms with Crippen LogP contribution in [0.4, 0.5) is 0 Å². The van der Waals surface area contributed by atoms with E-state index in [4.69, 9.17) is 5.11 Å². The fraction of sp³-hybridized carbons (Fsp3) is 0.889. The molecule has 2 unspecified atom stereocenters. The molecular weight excluding hydrogens is 170 g/mol. The lowest BCUT2D eigenvalue weighted by atomic mass is 10.1. The maximum absolute atomic E-state index is 10.5. The van der Waals surface area contributed by atoms with Crippen molar-refractivity contribution in [1.82, 2.24) is 4.90 Å².